The van der Waals surface area contributed by atoms with E-state index in [1.165, 1.54) is 0 Å². The van der Waals surface area contributed by atoms with Crippen LogP contribution in [0.2, 0.25) is 0 Å². The monoisotopic (exact) mass is 410 g/mol. The molecule has 1 atom stereocenters. The zero-order valence-corrected chi connectivity index (χ0v) is 17.5. The number of aryl methyl sites for hydroxylation is 1. The van der Waals surface area contributed by atoms with Gasteiger partial charge in [0.05, 0.1) is 5.60 Å². The molecule has 2 aromatic heterocycles. The average Bonchev–Trinajstić information content (AvgIpc) is 3.20. The van der Waals surface area contributed by atoms with E-state index < -0.39 is 0 Å². The number of ether oxygens (including phenoxy) is 1. The summed E-state index contributed by atoms with van der Waals surface area (Å²) in [6, 6.07) is 7.23. The summed E-state index contributed by atoms with van der Waals surface area (Å²) in [5, 5.41) is 3.02. The van der Waals surface area contributed by atoms with E-state index in [0.29, 0.717) is 18.0 Å². The van der Waals surface area contributed by atoms with Crippen molar-refractivity contribution in [1.82, 2.24) is 19.8 Å². The average molecular weight is 411 g/mol. The molecule has 0 bridgehead atoms. The predicted octanol–water partition coefficient (Wildman–Crippen LogP) is 2.64. The van der Waals surface area contributed by atoms with Crippen LogP contribution in [0, 0.1) is 5.92 Å². The van der Waals surface area contributed by atoms with Gasteiger partial charge in [0.2, 0.25) is 0 Å². The van der Waals surface area contributed by atoms with Crippen LogP contribution in [0.25, 0.3) is 0 Å². The van der Waals surface area contributed by atoms with Crippen LogP contribution in [0.5, 0.6) is 0 Å². The highest BCUT2D eigenvalue weighted by molar-refractivity contribution is 5.94. The summed E-state index contributed by atoms with van der Waals surface area (Å²) in [6.45, 7) is 2.89. The molecule has 4 rings (SSSR count). The number of nitrogens with one attached hydrogen (secondary N) is 1. The number of aromatic nitrogens is 2. The van der Waals surface area contributed by atoms with E-state index in [2.05, 4.69) is 10.3 Å². The number of hydrogen-bond acceptors (Lipinski definition) is 4. The molecular weight excluding hydrogens is 380 g/mol. The van der Waals surface area contributed by atoms with Crippen LogP contribution in [0.3, 0.4) is 0 Å². The van der Waals surface area contributed by atoms with E-state index in [1.54, 1.807) is 24.5 Å². The number of hydrogen-bond donors (Lipinski definition) is 1. The Balaban J connectivity index is 1.25. The van der Waals surface area contributed by atoms with E-state index >= 15 is 0 Å². The maximum absolute atomic E-state index is 12.8. The fourth-order valence-electron chi connectivity index (χ4n) is 4.68. The van der Waals surface area contributed by atoms with Gasteiger partial charge in [-0.1, -0.05) is 0 Å². The minimum atomic E-state index is -0.122. The highest BCUT2D eigenvalue weighted by atomic mass is 16.5. The summed E-state index contributed by atoms with van der Waals surface area (Å²) in [4.78, 5) is 30.9. The molecule has 0 aliphatic carbocycles. The van der Waals surface area contributed by atoms with Crippen molar-refractivity contribution in [3.05, 3.63) is 54.1 Å². The summed E-state index contributed by atoms with van der Waals surface area (Å²) in [6.07, 6.45) is 9.91. The third kappa shape index (κ3) is 4.56. The fourth-order valence-corrected chi connectivity index (χ4v) is 4.68. The van der Waals surface area contributed by atoms with Gasteiger partial charge in [-0.05, 0) is 62.3 Å². The molecule has 1 N–H and O–H groups in total. The lowest BCUT2D eigenvalue weighted by Gasteiger charge is -2.46. The molecule has 160 valence electrons. The summed E-state index contributed by atoms with van der Waals surface area (Å²) < 4.78 is 8.11. The maximum Gasteiger partial charge on any atom is 0.270 e. The number of carbonyl (C=O) groups is 2. The van der Waals surface area contributed by atoms with Gasteiger partial charge in [-0.3, -0.25) is 14.6 Å². The van der Waals surface area contributed by atoms with Crippen molar-refractivity contribution in [2.45, 2.75) is 37.7 Å². The van der Waals surface area contributed by atoms with Gasteiger partial charge in [0.15, 0.2) is 0 Å². The number of carbonyl (C=O) groups excluding carboxylic acids is 2. The first-order chi connectivity index (χ1) is 14.6. The molecule has 1 unspecified atom stereocenters. The topological polar surface area (TPSA) is 76.5 Å². The van der Waals surface area contributed by atoms with Crippen molar-refractivity contribution in [3.8, 4) is 0 Å². The van der Waals surface area contributed by atoms with E-state index in [-0.39, 0.29) is 17.4 Å². The van der Waals surface area contributed by atoms with Crippen molar-refractivity contribution in [3.63, 3.8) is 0 Å². The molecule has 7 nitrogen and oxygen atoms in total. The van der Waals surface area contributed by atoms with Gasteiger partial charge in [-0.15, -0.1) is 0 Å². The summed E-state index contributed by atoms with van der Waals surface area (Å²) in [5.74, 6) is 0.585. The summed E-state index contributed by atoms with van der Waals surface area (Å²) >= 11 is 0. The van der Waals surface area contributed by atoms with Crippen LogP contribution in [0.15, 0.2) is 42.9 Å². The molecule has 2 fully saturated rings. The molecule has 2 amide bonds. The lowest BCUT2D eigenvalue weighted by Crippen LogP contribution is -2.51. The van der Waals surface area contributed by atoms with E-state index in [9.17, 15) is 9.59 Å². The maximum atomic E-state index is 12.8. The second-order valence-electron chi connectivity index (χ2n) is 8.47. The van der Waals surface area contributed by atoms with Crippen molar-refractivity contribution in [2.24, 2.45) is 13.0 Å². The molecule has 4 heterocycles. The van der Waals surface area contributed by atoms with Crippen LogP contribution < -0.4 is 5.32 Å². The highest BCUT2D eigenvalue weighted by Crippen LogP contribution is 2.38. The Bertz CT molecular complexity index is 872. The Morgan fingerprint density at radius 1 is 1.23 bits per heavy atom. The second-order valence-corrected chi connectivity index (χ2v) is 8.47. The normalized spacial score (nSPS) is 20.8. The van der Waals surface area contributed by atoms with Gasteiger partial charge < -0.3 is 19.5 Å². The van der Waals surface area contributed by atoms with E-state index in [1.807, 2.05) is 34.8 Å². The molecule has 1 spiro atoms. The number of pyridine rings is 1. The Labute approximate surface area is 177 Å². The van der Waals surface area contributed by atoms with Gasteiger partial charge in [0, 0.05) is 57.4 Å². The SMILES string of the molecule is Cn1cccc1C(=O)N1CCC2(CC1)CC(CCNC(=O)c1ccncc1)CCO2. The molecule has 0 aromatic carbocycles. The van der Waals surface area contributed by atoms with Crippen LogP contribution in [0.1, 0.15) is 53.0 Å². The number of amides is 2. The Hall–Kier alpha value is -2.67. The quantitative estimate of drug-likeness (QED) is 0.822. The van der Waals surface area contributed by atoms with Crippen molar-refractivity contribution >= 4 is 11.8 Å². The van der Waals surface area contributed by atoms with Crippen molar-refractivity contribution in [1.29, 1.82) is 0 Å². The third-order valence-electron chi connectivity index (χ3n) is 6.50. The molecule has 0 saturated carbocycles. The number of rotatable bonds is 5. The number of piperidine rings is 1. The molecule has 7 heteroatoms. The van der Waals surface area contributed by atoms with Crippen LogP contribution in [-0.2, 0) is 11.8 Å². The van der Waals surface area contributed by atoms with Gasteiger partial charge in [0.1, 0.15) is 5.69 Å². The van der Waals surface area contributed by atoms with Gasteiger partial charge in [-0.2, -0.15) is 0 Å². The molecule has 0 radical (unpaired) electrons. The standard InChI is InChI=1S/C23H30N4O3/c1-26-13-2-3-20(26)22(29)27-14-8-23(9-15-27)17-18(7-16-30-23)4-12-25-21(28)19-5-10-24-11-6-19/h2-3,5-6,10-11,13,18H,4,7-9,12,14-17H2,1H3,(H,25,28). The minimum Gasteiger partial charge on any atom is -0.375 e. The van der Waals surface area contributed by atoms with Gasteiger partial charge in [0.25, 0.3) is 11.8 Å². The van der Waals surface area contributed by atoms with Crippen LogP contribution in [0.4, 0.5) is 0 Å². The Kier molecular flexibility index (Phi) is 6.18. The van der Waals surface area contributed by atoms with Gasteiger partial charge >= 0.3 is 0 Å². The molecule has 2 aliphatic rings. The fraction of sp³-hybridized carbons (Fsp3) is 0.522. The zero-order chi connectivity index (χ0) is 21.0. The Morgan fingerprint density at radius 3 is 2.70 bits per heavy atom. The first-order valence-corrected chi connectivity index (χ1v) is 10.8. The largest absolute Gasteiger partial charge is 0.375 e. The zero-order valence-electron chi connectivity index (χ0n) is 17.5. The summed E-state index contributed by atoms with van der Waals surface area (Å²) in [5.41, 5.74) is 1.25. The van der Waals surface area contributed by atoms with Crippen molar-refractivity contribution < 1.29 is 14.3 Å². The lowest BCUT2D eigenvalue weighted by molar-refractivity contribution is -0.124. The predicted molar refractivity (Wildman–Crippen MR) is 113 cm³/mol. The molecule has 2 aliphatic heterocycles. The molecule has 2 aromatic rings. The van der Waals surface area contributed by atoms with Crippen molar-refractivity contribution in [2.75, 3.05) is 26.2 Å². The second kappa shape index (κ2) is 9.00. The first-order valence-electron chi connectivity index (χ1n) is 10.8. The van der Waals surface area contributed by atoms with Crippen LogP contribution >= 0.6 is 0 Å². The first kappa shape index (κ1) is 20.6. The lowest BCUT2D eigenvalue weighted by atomic mass is 9.78. The van der Waals surface area contributed by atoms with Gasteiger partial charge in [-0.25, -0.2) is 0 Å². The van der Waals surface area contributed by atoms with E-state index in [4.69, 9.17) is 4.74 Å². The molecular formula is C23H30N4O3. The number of nitrogens with zero attached hydrogens (tertiary/aromatic N) is 3. The highest BCUT2D eigenvalue weighted by Gasteiger charge is 2.41. The minimum absolute atomic E-state index is 0.0494. The Morgan fingerprint density at radius 2 is 2.00 bits per heavy atom. The number of likely N-dealkylation sites (tertiary alicyclic amines) is 1. The molecule has 2 saturated heterocycles. The smallest absolute Gasteiger partial charge is 0.270 e. The van der Waals surface area contributed by atoms with E-state index in [0.717, 1.165) is 57.5 Å². The third-order valence-corrected chi connectivity index (χ3v) is 6.50. The van der Waals surface area contributed by atoms with Crippen LogP contribution in [-0.4, -0.2) is 58.1 Å². The summed E-state index contributed by atoms with van der Waals surface area (Å²) in [7, 11) is 1.90. The molecule has 30 heavy (non-hydrogen) atoms.